The van der Waals surface area contributed by atoms with E-state index in [2.05, 4.69) is 14.9 Å². The van der Waals surface area contributed by atoms with E-state index in [-0.39, 0.29) is 12.0 Å². The Balaban J connectivity index is 1.59. The number of ether oxygens (including phenoxy) is 1. The lowest BCUT2D eigenvalue weighted by atomic mass is 10.2. The summed E-state index contributed by atoms with van der Waals surface area (Å²) in [4.78, 5) is 25.6. The van der Waals surface area contributed by atoms with E-state index in [4.69, 9.17) is 4.74 Å². The number of carbonyl (C=O) groups is 1. The predicted octanol–water partition coefficient (Wildman–Crippen LogP) is 2.30. The molecule has 128 valence electrons. The first kappa shape index (κ1) is 15.8. The molecule has 0 radical (unpaired) electrons. The SMILES string of the molecule is O=C(CN(C[C@H]1CCCO1)c1ncnc2ccsc12)N1CCCC1. The van der Waals surface area contributed by atoms with E-state index in [1.54, 1.807) is 17.7 Å². The van der Waals surface area contributed by atoms with Crippen LogP contribution in [0.1, 0.15) is 25.7 Å². The second-order valence-corrected chi connectivity index (χ2v) is 7.35. The molecule has 0 bridgehead atoms. The van der Waals surface area contributed by atoms with Crippen LogP contribution < -0.4 is 4.90 Å². The fraction of sp³-hybridized carbons (Fsp3) is 0.588. The van der Waals surface area contributed by atoms with Crippen LogP contribution in [0.2, 0.25) is 0 Å². The third-order valence-electron chi connectivity index (χ3n) is 4.76. The van der Waals surface area contributed by atoms with Crippen molar-refractivity contribution < 1.29 is 9.53 Å². The molecule has 2 aliphatic rings. The molecule has 6 nitrogen and oxygen atoms in total. The number of amides is 1. The zero-order valence-electron chi connectivity index (χ0n) is 13.7. The highest BCUT2D eigenvalue weighted by atomic mass is 32.1. The number of aromatic nitrogens is 2. The normalized spacial score (nSPS) is 20.8. The minimum Gasteiger partial charge on any atom is -0.376 e. The van der Waals surface area contributed by atoms with Crippen LogP contribution in [0, 0.1) is 0 Å². The fourth-order valence-electron chi connectivity index (χ4n) is 3.49. The Kier molecular flexibility index (Phi) is 4.62. The van der Waals surface area contributed by atoms with E-state index in [9.17, 15) is 4.79 Å². The quantitative estimate of drug-likeness (QED) is 0.831. The Hall–Kier alpha value is -1.73. The topological polar surface area (TPSA) is 58.6 Å². The molecule has 0 aliphatic carbocycles. The maximum Gasteiger partial charge on any atom is 0.242 e. The molecule has 0 unspecified atom stereocenters. The van der Waals surface area contributed by atoms with Crippen LogP contribution in [0.5, 0.6) is 0 Å². The van der Waals surface area contributed by atoms with Crippen LogP contribution in [0.25, 0.3) is 10.2 Å². The first-order valence-corrected chi connectivity index (χ1v) is 9.52. The minimum absolute atomic E-state index is 0.182. The summed E-state index contributed by atoms with van der Waals surface area (Å²) in [5.74, 6) is 1.05. The highest BCUT2D eigenvalue weighted by Crippen LogP contribution is 2.29. The lowest BCUT2D eigenvalue weighted by molar-refractivity contribution is -0.128. The Morgan fingerprint density at radius 1 is 1.33 bits per heavy atom. The van der Waals surface area contributed by atoms with Gasteiger partial charge in [0.1, 0.15) is 6.33 Å². The van der Waals surface area contributed by atoms with E-state index in [1.807, 2.05) is 16.3 Å². The third kappa shape index (κ3) is 3.23. The molecule has 2 aromatic rings. The molecule has 2 saturated heterocycles. The zero-order valence-corrected chi connectivity index (χ0v) is 14.5. The lowest BCUT2D eigenvalue weighted by Crippen LogP contribution is -2.42. The molecule has 0 saturated carbocycles. The Labute approximate surface area is 145 Å². The number of thiophene rings is 1. The Bertz CT molecular complexity index is 707. The monoisotopic (exact) mass is 346 g/mol. The molecule has 1 atom stereocenters. The van der Waals surface area contributed by atoms with Gasteiger partial charge in [0.2, 0.25) is 5.91 Å². The van der Waals surface area contributed by atoms with Gasteiger partial charge in [0.05, 0.1) is 22.9 Å². The molecular formula is C17H22N4O2S. The predicted molar refractivity (Wildman–Crippen MR) is 94.4 cm³/mol. The molecule has 0 aromatic carbocycles. The van der Waals surface area contributed by atoms with Gasteiger partial charge in [0.15, 0.2) is 5.82 Å². The third-order valence-corrected chi connectivity index (χ3v) is 5.66. The van der Waals surface area contributed by atoms with Crippen molar-refractivity contribution in [1.29, 1.82) is 0 Å². The molecular weight excluding hydrogens is 324 g/mol. The summed E-state index contributed by atoms with van der Waals surface area (Å²) in [5, 5.41) is 2.02. The van der Waals surface area contributed by atoms with Gasteiger partial charge in [-0.2, -0.15) is 0 Å². The molecule has 2 aromatic heterocycles. The second kappa shape index (κ2) is 7.03. The number of fused-ring (bicyclic) bond motifs is 1. The molecule has 2 aliphatic heterocycles. The van der Waals surface area contributed by atoms with Gasteiger partial charge in [0, 0.05) is 26.2 Å². The van der Waals surface area contributed by atoms with Crippen molar-refractivity contribution >= 4 is 33.3 Å². The smallest absolute Gasteiger partial charge is 0.242 e. The van der Waals surface area contributed by atoms with Gasteiger partial charge < -0.3 is 14.5 Å². The first-order valence-electron chi connectivity index (χ1n) is 8.64. The number of anilines is 1. The fourth-order valence-corrected chi connectivity index (χ4v) is 4.35. The van der Waals surface area contributed by atoms with Crippen molar-refractivity contribution in [2.45, 2.75) is 31.8 Å². The van der Waals surface area contributed by atoms with E-state index in [0.29, 0.717) is 13.1 Å². The molecule has 24 heavy (non-hydrogen) atoms. The average Bonchev–Trinajstić information content (AvgIpc) is 3.34. The molecule has 1 amide bonds. The number of likely N-dealkylation sites (tertiary alicyclic amines) is 1. The molecule has 7 heteroatoms. The van der Waals surface area contributed by atoms with Gasteiger partial charge in [0.25, 0.3) is 0 Å². The first-order chi connectivity index (χ1) is 11.8. The molecule has 4 heterocycles. The maximum atomic E-state index is 12.7. The van der Waals surface area contributed by atoms with Crippen molar-refractivity contribution in [3.05, 3.63) is 17.8 Å². The number of nitrogens with zero attached hydrogens (tertiary/aromatic N) is 4. The summed E-state index contributed by atoms with van der Waals surface area (Å²) >= 11 is 1.63. The largest absolute Gasteiger partial charge is 0.376 e. The van der Waals surface area contributed by atoms with Crippen LogP contribution in [0.4, 0.5) is 5.82 Å². The summed E-state index contributed by atoms with van der Waals surface area (Å²) < 4.78 is 6.84. The highest BCUT2D eigenvalue weighted by molar-refractivity contribution is 7.17. The summed E-state index contributed by atoms with van der Waals surface area (Å²) in [6.45, 7) is 3.65. The van der Waals surface area contributed by atoms with Gasteiger partial charge in [-0.05, 0) is 37.1 Å². The average molecular weight is 346 g/mol. The zero-order chi connectivity index (χ0) is 16.4. The lowest BCUT2D eigenvalue weighted by Gasteiger charge is -2.28. The Morgan fingerprint density at radius 3 is 3.00 bits per heavy atom. The number of rotatable bonds is 5. The minimum atomic E-state index is 0.182. The van der Waals surface area contributed by atoms with Gasteiger partial charge >= 0.3 is 0 Å². The van der Waals surface area contributed by atoms with Crippen molar-refractivity contribution in [1.82, 2.24) is 14.9 Å². The van der Waals surface area contributed by atoms with Gasteiger partial charge in [-0.1, -0.05) is 0 Å². The maximum absolute atomic E-state index is 12.7. The highest BCUT2D eigenvalue weighted by Gasteiger charge is 2.26. The van der Waals surface area contributed by atoms with Crippen LogP contribution in [0.3, 0.4) is 0 Å². The van der Waals surface area contributed by atoms with E-state index in [1.165, 1.54) is 0 Å². The summed E-state index contributed by atoms with van der Waals surface area (Å²) in [5.41, 5.74) is 0.941. The van der Waals surface area contributed by atoms with Crippen molar-refractivity contribution in [3.8, 4) is 0 Å². The van der Waals surface area contributed by atoms with Crippen molar-refractivity contribution in [2.75, 3.05) is 37.7 Å². The van der Waals surface area contributed by atoms with Crippen LogP contribution in [0.15, 0.2) is 17.8 Å². The molecule has 0 N–H and O–H groups in total. The second-order valence-electron chi connectivity index (χ2n) is 6.44. The van der Waals surface area contributed by atoms with Crippen molar-refractivity contribution in [3.63, 3.8) is 0 Å². The van der Waals surface area contributed by atoms with E-state index >= 15 is 0 Å². The van der Waals surface area contributed by atoms with Gasteiger partial charge in [-0.25, -0.2) is 9.97 Å². The number of hydrogen-bond donors (Lipinski definition) is 0. The van der Waals surface area contributed by atoms with E-state index in [0.717, 1.165) is 61.4 Å². The number of carbonyl (C=O) groups excluding carboxylic acids is 1. The summed E-state index contributed by atoms with van der Waals surface area (Å²) in [6, 6.07) is 2.00. The molecule has 0 spiro atoms. The van der Waals surface area contributed by atoms with Crippen LogP contribution in [-0.2, 0) is 9.53 Å². The van der Waals surface area contributed by atoms with E-state index < -0.39 is 0 Å². The van der Waals surface area contributed by atoms with Gasteiger partial charge in [-0.15, -0.1) is 11.3 Å². The number of hydrogen-bond acceptors (Lipinski definition) is 6. The standard InChI is InChI=1S/C17H22N4O2S/c22-15(20-6-1-2-7-20)11-21(10-13-4-3-8-23-13)17-16-14(5-9-24-16)18-12-19-17/h5,9,12-13H,1-4,6-8,10-11H2/t13-/m1/s1. The van der Waals surface area contributed by atoms with Gasteiger partial charge in [-0.3, -0.25) is 4.79 Å². The summed E-state index contributed by atoms with van der Waals surface area (Å²) in [7, 11) is 0. The van der Waals surface area contributed by atoms with Crippen LogP contribution in [-0.4, -0.2) is 59.7 Å². The molecule has 2 fully saturated rings. The van der Waals surface area contributed by atoms with Crippen molar-refractivity contribution in [2.24, 2.45) is 0 Å². The van der Waals surface area contributed by atoms with Crippen LogP contribution >= 0.6 is 11.3 Å². The molecule has 4 rings (SSSR count). The summed E-state index contributed by atoms with van der Waals surface area (Å²) in [6.07, 6.45) is 6.14. The Morgan fingerprint density at radius 2 is 2.21 bits per heavy atom.